The van der Waals surface area contributed by atoms with Crippen LogP contribution in [0.5, 0.6) is 0 Å². The summed E-state index contributed by atoms with van der Waals surface area (Å²) >= 11 is 0. The van der Waals surface area contributed by atoms with Crippen LogP contribution < -0.4 is 0 Å². The molecule has 78 valence electrons. The summed E-state index contributed by atoms with van der Waals surface area (Å²) in [6.07, 6.45) is 0.866. The monoisotopic (exact) mass is 207 g/mol. The highest BCUT2D eigenvalue weighted by Gasteiger charge is 2.36. The van der Waals surface area contributed by atoms with E-state index < -0.39 is 7.75 Å². The van der Waals surface area contributed by atoms with Crippen LogP contribution in [-0.2, 0) is 13.6 Å². The third-order valence-electron chi connectivity index (χ3n) is 2.17. The van der Waals surface area contributed by atoms with Crippen LogP contribution in [0.25, 0.3) is 0 Å². The van der Waals surface area contributed by atoms with Crippen molar-refractivity contribution in [1.82, 2.24) is 4.67 Å². The van der Waals surface area contributed by atoms with E-state index in [9.17, 15) is 4.57 Å². The predicted molar refractivity (Wildman–Crippen MR) is 51.6 cm³/mol. The maximum Gasteiger partial charge on any atom is 0.408 e. The first-order chi connectivity index (χ1) is 6.12. The quantitative estimate of drug-likeness (QED) is 0.665. The number of hydrogen-bond acceptors (Lipinski definition) is 3. The summed E-state index contributed by atoms with van der Waals surface area (Å²) in [6, 6.07) is 0. The lowest BCUT2D eigenvalue weighted by Crippen LogP contribution is -2.28. The van der Waals surface area contributed by atoms with E-state index in [0.717, 1.165) is 6.42 Å². The molecule has 0 bridgehead atoms. The van der Waals surface area contributed by atoms with Gasteiger partial charge in [0.2, 0.25) is 0 Å². The molecular weight excluding hydrogens is 189 g/mol. The molecule has 0 aromatic rings. The third kappa shape index (κ3) is 2.53. The molecule has 13 heavy (non-hydrogen) atoms. The van der Waals surface area contributed by atoms with Crippen molar-refractivity contribution < 1.29 is 13.6 Å². The summed E-state index contributed by atoms with van der Waals surface area (Å²) in [4.78, 5) is 0. The molecule has 4 nitrogen and oxygen atoms in total. The van der Waals surface area contributed by atoms with Gasteiger partial charge >= 0.3 is 7.75 Å². The van der Waals surface area contributed by atoms with Crippen LogP contribution in [0.3, 0.4) is 0 Å². The second kappa shape index (κ2) is 4.56. The third-order valence-corrected chi connectivity index (χ3v) is 4.56. The van der Waals surface area contributed by atoms with Crippen LogP contribution in [-0.4, -0.2) is 30.5 Å². The Balaban J connectivity index is 2.67. The van der Waals surface area contributed by atoms with Crippen LogP contribution in [0, 0.1) is 0 Å². The molecule has 0 unspecified atom stereocenters. The molecule has 0 aromatic carbocycles. The van der Waals surface area contributed by atoms with Gasteiger partial charge in [-0.05, 0) is 13.3 Å². The molecular formula is C8H18NO3P. The van der Waals surface area contributed by atoms with Crippen molar-refractivity contribution in [3.8, 4) is 0 Å². The van der Waals surface area contributed by atoms with Gasteiger partial charge in [0.25, 0.3) is 0 Å². The maximum absolute atomic E-state index is 12.1. The van der Waals surface area contributed by atoms with E-state index in [2.05, 4.69) is 0 Å². The number of rotatable bonds is 3. The Labute approximate surface area is 79.8 Å². The first-order valence-electron chi connectivity index (χ1n) is 4.80. The van der Waals surface area contributed by atoms with Gasteiger partial charge in [-0.1, -0.05) is 13.8 Å². The van der Waals surface area contributed by atoms with E-state index in [1.54, 1.807) is 4.67 Å². The van der Waals surface area contributed by atoms with Gasteiger partial charge in [0.05, 0.1) is 12.7 Å². The van der Waals surface area contributed by atoms with Gasteiger partial charge in [-0.15, -0.1) is 0 Å². The van der Waals surface area contributed by atoms with Crippen LogP contribution in [0.15, 0.2) is 0 Å². The topological polar surface area (TPSA) is 38.8 Å². The maximum atomic E-state index is 12.1. The fraction of sp³-hybridized carbons (Fsp3) is 1.00. The number of hydrogen-bond donors (Lipinski definition) is 0. The average molecular weight is 207 g/mol. The molecule has 0 aliphatic carbocycles. The summed E-state index contributed by atoms with van der Waals surface area (Å²) in [5, 5.41) is 0. The summed E-state index contributed by atoms with van der Waals surface area (Å²) in [5.41, 5.74) is 0. The van der Waals surface area contributed by atoms with Gasteiger partial charge in [0.1, 0.15) is 0 Å². The minimum atomic E-state index is -2.95. The molecule has 1 aliphatic heterocycles. The molecule has 0 radical (unpaired) electrons. The molecule has 1 fully saturated rings. The molecule has 0 saturated carbocycles. The van der Waals surface area contributed by atoms with E-state index in [-0.39, 0.29) is 6.10 Å². The van der Waals surface area contributed by atoms with Crippen LogP contribution >= 0.6 is 7.75 Å². The average Bonchev–Trinajstić information content (AvgIpc) is 2.05. The lowest BCUT2D eigenvalue weighted by atomic mass is 10.3. The SMILES string of the molecule is CCN(CC)[P@@]1(=O)OCC[C@H](C)O1. The molecule has 0 N–H and O–H groups in total. The molecule has 1 aliphatic rings. The molecule has 1 saturated heterocycles. The van der Waals surface area contributed by atoms with E-state index in [1.807, 2.05) is 20.8 Å². The van der Waals surface area contributed by atoms with Crippen molar-refractivity contribution in [2.75, 3.05) is 19.7 Å². The Bertz CT molecular complexity index is 206. The second-order valence-electron chi connectivity index (χ2n) is 3.15. The van der Waals surface area contributed by atoms with E-state index in [4.69, 9.17) is 9.05 Å². The molecule has 2 atom stereocenters. The van der Waals surface area contributed by atoms with Gasteiger partial charge < -0.3 is 0 Å². The lowest BCUT2D eigenvalue weighted by molar-refractivity contribution is 0.0654. The minimum Gasteiger partial charge on any atom is -0.297 e. The minimum absolute atomic E-state index is 0.0418. The van der Waals surface area contributed by atoms with Crippen molar-refractivity contribution >= 4 is 7.75 Å². The first kappa shape index (κ1) is 11.2. The summed E-state index contributed by atoms with van der Waals surface area (Å²) in [6.45, 7) is 7.76. The van der Waals surface area contributed by atoms with Crippen molar-refractivity contribution in [3.05, 3.63) is 0 Å². The zero-order valence-electron chi connectivity index (χ0n) is 8.52. The largest absolute Gasteiger partial charge is 0.408 e. The zero-order valence-corrected chi connectivity index (χ0v) is 9.42. The molecule has 0 spiro atoms. The lowest BCUT2D eigenvalue weighted by Gasteiger charge is -2.33. The van der Waals surface area contributed by atoms with Crippen molar-refractivity contribution in [3.63, 3.8) is 0 Å². The van der Waals surface area contributed by atoms with Crippen molar-refractivity contribution in [1.29, 1.82) is 0 Å². The Morgan fingerprint density at radius 2 is 2.08 bits per heavy atom. The second-order valence-corrected chi connectivity index (χ2v) is 5.12. The highest BCUT2D eigenvalue weighted by Crippen LogP contribution is 2.55. The Morgan fingerprint density at radius 1 is 1.46 bits per heavy atom. The number of nitrogens with zero attached hydrogens (tertiary/aromatic N) is 1. The summed E-state index contributed by atoms with van der Waals surface area (Å²) in [5.74, 6) is 0. The normalized spacial score (nSPS) is 35.2. The van der Waals surface area contributed by atoms with Crippen LogP contribution in [0.1, 0.15) is 27.2 Å². The summed E-state index contributed by atoms with van der Waals surface area (Å²) in [7, 11) is -2.95. The highest BCUT2D eigenvalue weighted by atomic mass is 31.2. The van der Waals surface area contributed by atoms with Gasteiger partial charge in [-0.2, -0.15) is 0 Å². The fourth-order valence-corrected chi connectivity index (χ4v) is 3.31. The van der Waals surface area contributed by atoms with E-state index in [1.165, 1.54) is 0 Å². The van der Waals surface area contributed by atoms with E-state index in [0.29, 0.717) is 19.7 Å². The van der Waals surface area contributed by atoms with Gasteiger partial charge in [0, 0.05) is 13.1 Å². The van der Waals surface area contributed by atoms with Gasteiger partial charge in [-0.25, -0.2) is 9.24 Å². The molecule has 1 rings (SSSR count). The van der Waals surface area contributed by atoms with E-state index >= 15 is 0 Å². The highest BCUT2D eigenvalue weighted by molar-refractivity contribution is 7.51. The van der Waals surface area contributed by atoms with Crippen molar-refractivity contribution in [2.24, 2.45) is 0 Å². The standard InChI is InChI=1S/C8H18NO3P/c1-4-9(5-2)13(10)11-7-6-8(3)12-13/h8H,4-7H2,1-3H3/t8-,13+/m0/s1. The molecule has 0 amide bonds. The predicted octanol–water partition coefficient (Wildman–Crippen LogP) is 2.26. The first-order valence-corrected chi connectivity index (χ1v) is 6.30. The van der Waals surface area contributed by atoms with Crippen LogP contribution in [0.4, 0.5) is 0 Å². The van der Waals surface area contributed by atoms with Crippen LogP contribution in [0.2, 0.25) is 0 Å². The Kier molecular flexibility index (Phi) is 3.92. The van der Waals surface area contributed by atoms with Crippen molar-refractivity contribution in [2.45, 2.75) is 33.3 Å². The smallest absolute Gasteiger partial charge is 0.297 e. The zero-order chi connectivity index (χ0) is 9.90. The molecule has 0 aromatic heterocycles. The summed E-state index contributed by atoms with van der Waals surface area (Å²) < 4.78 is 24.5. The van der Waals surface area contributed by atoms with Gasteiger partial charge in [-0.3, -0.25) is 9.05 Å². The van der Waals surface area contributed by atoms with Gasteiger partial charge in [0.15, 0.2) is 0 Å². The Morgan fingerprint density at radius 3 is 2.54 bits per heavy atom. The fourth-order valence-electron chi connectivity index (χ4n) is 1.36. The molecule has 1 heterocycles. The molecule has 5 heteroatoms. The Hall–Kier alpha value is 0.110.